The lowest BCUT2D eigenvalue weighted by atomic mass is 9.96. The van der Waals surface area contributed by atoms with Gasteiger partial charge in [-0.2, -0.15) is 0 Å². The van der Waals surface area contributed by atoms with Gasteiger partial charge in [0.05, 0.1) is 58.4 Å². The lowest BCUT2D eigenvalue weighted by Gasteiger charge is -2.30. The summed E-state index contributed by atoms with van der Waals surface area (Å²) in [6.07, 6.45) is -2.04. The van der Waals surface area contributed by atoms with Gasteiger partial charge < -0.3 is 121 Å². The van der Waals surface area contributed by atoms with Crippen molar-refractivity contribution in [3.8, 4) is 0 Å². The van der Waals surface area contributed by atoms with Crippen LogP contribution >= 0.6 is 0 Å². The molecule has 43 nitrogen and oxygen atoms in total. The van der Waals surface area contributed by atoms with E-state index in [-0.39, 0.29) is 24.1 Å². The number of primary amides is 1. The number of cyclic esters (lactones) is 1. The zero-order valence-electron chi connectivity index (χ0n) is 62.0. The number of amides is 14. The Kier molecular flexibility index (Phi) is 37.8. The Labute approximate surface area is 644 Å². The minimum absolute atomic E-state index is 0.0241. The molecule has 618 valence electrons. The van der Waals surface area contributed by atoms with Gasteiger partial charge in [0.15, 0.2) is 5.78 Å². The molecular formula is C70H96N16O27. The van der Waals surface area contributed by atoms with Crippen molar-refractivity contribution in [2.75, 3.05) is 32.0 Å². The highest BCUT2D eigenvalue weighted by Crippen LogP contribution is 2.21. The summed E-state index contributed by atoms with van der Waals surface area (Å²) in [5.74, 6) is -30.5. The molecule has 2 aromatic carbocycles. The molecule has 0 saturated carbocycles. The standard InChI is InChI=1S/C70H96N16O27/c1-5-6-7-8-9-10-11-20-51(91)77-41(22-36-28-73-40-19-15-13-16-37(36)40)63(105)81-42(24-50(72)90)64(106)82-45(27-57(100)101)65(107)86-59-35(4)113-70(112)46(23-49(89)38-17-12-14-18-39(38)71)84-69(111)58(33(2)21-54(94)95)85-67(109)48(32-88)79-52(92)29-74-61(103)43(25-55(96)97)80-60(102)34(3)76-62(104)44(26-56(98)99)83-66(108)47(31-87)78-53(93)30-75-68(59)110/h12-19,28,33-35,41-48,58-59,73,87-88H,5-11,20-27,29-32,71H2,1-4H3,(H2,72,90)(H,74,103)(H,75,110)(H,76,104)(H,77,91)(H,78,93)(H,79,92)(H,80,102)(H,81,105)(H,82,106)(H,83,108)(H,84,111)(H,85,109)(H,86,107)(H,94,95)(H,96,97)(H,98,99)(H,100,101)/t33-,34+,35+,41-,42-,43-,44-,45-,46-,47-,48+,58-,59-/m0/s1. The number of nitrogens with two attached hydrogens (primary N) is 2. The SMILES string of the molecule is CCCCCCCCCC(=O)N[C@@H](Cc1c[nH]c2ccccc12)C(=O)N[C@@H](CC(N)=O)C(=O)N[C@@H](CC(=O)O)C(=O)N[C@@H]1C(=O)NCC(=O)N[C@@H](CO)C(=O)N[C@@H](CC(=O)O)C(=O)N[C@H](C)C(=O)N[C@@H](CC(=O)O)C(=O)NCC(=O)N[C@H](CO)C(=O)N[C@@H]([C@@H](C)CC(=O)O)C(=O)N[C@@H](CC(=O)c2ccccc2N)C(=O)O[C@@H]1C. The highest BCUT2D eigenvalue weighted by atomic mass is 16.5. The number of carbonyl (C=O) groups is 20. The Morgan fingerprint density at radius 3 is 1.62 bits per heavy atom. The summed E-state index contributed by atoms with van der Waals surface area (Å²) in [5, 5.41) is 87.9. The molecule has 1 saturated heterocycles. The van der Waals surface area contributed by atoms with E-state index in [0.717, 1.165) is 52.9 Å². The van der Waals surface area contributed by atoms with Crippen LogP contribution in [0.3, 0.4) is 0 Å². The van der Waals surface area contributed by atoms with Crippen LogP contribution in [0.4, 0.5) is 5.69 Å². The van der Waals surface area contributed by atoms with E-state index in [4.69, 9.17) is 16.2 Å². The first-order chi connectivity index (χ1) is 53.4. The van der Waals surface area contributed by atoms with Gasteiger partial charge in [-0.1, -0.05) is 82.7 Å². The van der Waals surface area contributed by atoms with Crippen LogP contribution in [0.1, 0.15) is 134 Å². The summed E-state index contributed by atoms with van der Waals surface area (Å²) >= 11 is 0. The zero-order valence-corrected chi connectivity index (χ0v) is 62.0. The van der Waals surface area contributed by atoms with E-state index in [1.54, 1.807) is 30.5 Å². The fourth-order valence-electron chi connectivity index (χ4n) is 11.3. The number of esters is 1. The molecular weight excluding hydrogens is 1500 g/mol. The highest BCUT2D eigenvalue weighted by Gasteiger charge is 2.41. The number of carboxylic acids is 4. The number of nitrogens with one attached hydrogen (secondary N) is 14. The minimum atomic E-state index is -2.48. The van der Waals surface area contributed by atoms with Gasteiger partial charge in [-0.05, 0) is 49.9 Å². The molecule has 3 aromatic rings. The van der Waals surface area contributed by atoms with E-state index >= 15 is 0 Å². The summed E-state index contributed by atoms with van der Waals surface area (Å²) in [6, 6.07) is -11.2. The van der Waals surface area contributed by atoms with Crippen molar-refractivity contribution in [1.29, 1.82) is 0 Å². The number of nitrogen functional groups attached to an aromatic ring is 1. The number of carboxylic acid groups (broad SMARTS) is 4. The lowest BCUT2D eigenvalue weighted by Crippen LogP contribution is -2.62. The van der Waals surface area contributed by atoms with Crippen molar-refractivity contribution in [3.63, 3.8) is 0 Å². The lowest BCUT2D eigenvalue weighted by molar-refractivity contribution is -0.156. The van der Waals surface area contributed by atoms with Gasteiger partial charge in [-0.3, -0.25) is 91.1 Å². The van der Waals surface area contributed by atoms with Crippen molar-refractivity contribution in [2.45, 2.75) is 197 Å². The molecule has 14 amide bonds. The molecule has 1 aromatic heterocycles. The predicted molar refractivity (Wildman–Crippen MR) is 389 cm³/mol. The number of aliphatic carboxylic acids is 4. The first kappa shape index (κ1) is 92.7. The number of unbranched alkanes of at least 4 members (excludes halogenated alkanes) is 6. The number of H-pyrrole nitrogens is 1. The van der Waals surface area contributed by atoms with E-state index in [2.05, 4.69) is 43.8 Å². The summed E-state index contributed by atoms with van der Waals surface area (Å²) in [5.41, 5.74) is 12.3. The Bertz CT molecular complexity index is 4000. The topological polar surface area (TPSA) is 696 Å². The third kappa shape index (κ3) is 31.3. The number of para-hydroxylation sites is 2. The van der Waals surface area contributed by atoms with E-state index < -0.39 is 262 Å². The van der Waals surface area contributed by atoms with Gasteiger partial charge in [-0.25, -0.2) is 4.79 Å². The molecule has 0 aliphatic carbocycles. The average molecular weight is 1590 g/mol. The molecule has 4 rings (SSSR count). The molecule has 0 bridgehead atoms. The molecule has 1 aliphatic heterocycles. The summed E-state index contributed by atoms with van der Waals surface area (Å²) in [7, 11) is 0. The number of rotatable bonds is 33. The fraction of sp³-hybridized carbons (Fsp3) is 0.514. The van der Waals surface area contributed by atoms with Gasteiger partial charge in [-0.15, -0.1) is 0 Å². The predicted octanol–water partition coefficient (Wildman–Crippen LogP) is -6.37. The Balaban J connectivity index is 1.85. The van der Waals surface area contributed by atoms with Crippen LogP contribution in [-0.2, 0) is 102 Å². The first-order valence-electron chi connectivity index (χ1n) is 35.7. The largest absolute Gasteiger partial charge is 0.481 e. The third-order valence-electron chi connectivity index (χ3n) is 17.3. The molecule has 113 heavy (non-hydrogen) atoms. The second-order valence-corrected chi connectivity index (χ2v) is 26.5. The normalized spacial score (nSPS) is 21.3. The zero-order chi connectivity index (χ0) is 84.3. The molecule has 2 heterocycles. The maximum Gasteiger partial charge on any atom is 0.329 e. The van der Waals surface area contributed by atoms with Gasteiger partial charge >= 0.3 is 29.8 Å². The molecule has 24 N–H and O–H groups in total. The van der Waals surface area contributed by atoms with Gasteiger partial charge in [0.2, 0.25) is 82.7 Å². The summed E-state index contributed by atoms with van der Waals surface area (Å²) in [6.45, 7) is -0.257. The number of hydrogen-bond donors (Lipinski definition) is 22. The second-order valence-electron chi connectivity index (χ2n) is 26.5. The number of benzene rings is 2. The molecule has 1 fully saturated rings. The van der Waals surface area contributed by atoms with E-state index in [0.29, 0.717) is 29.3 Å². The van der Waals surface area contributed by atoms with Crippen molar-refractivity contribution in [1.82, 2.24) is 74.1 Å². The number of carbonyl (C=O) groups excluding carboxylic acids is 16. The van der Waals surface area contributed by atoms with Gasteiger partial charge in [0.25, 0.3) is 0 Å². The number of Topliss-reactive ketones (excluding diaryl/α,β-unsaturated/α-hetero) is 1. The fourth-order valence-corrected chi connectivity index (χ4v) is 11.3. The number of aliphatic hydroxyl groups is 2. The van der Waals surface area contributed by atoms with Crippen LogP contribution in [0.25, 0.3) is 10.9 Å². The number of ketones is 1. The average Bonchev–Trinajstić information content (AvgIpc) is 1.71. The Morgan fingerprint density at radius 1 is 0.531 bits per heavy atom. The number of aromatic amines is 1. The quantitative estimate of drug-likeness (QED) is 0.0117. The van der Waals surface area contributed by atoms with E-state index in [1.165, 1.54) is 24.3 Å². The summed E-state index contributed by atoms with van der Waals surface area (Å²) < 4.78 is 5.63. The third-order valence-corrected chi connectivity index (χ3v) is 17.3. The number of aliphatic hydroxyl groups excluding tert-OH is 2. The smallest absolute Gasteiger partial charge is 0.329 e. The number of ether oxygens (including phenoxy) is 1. The van der Waals surface area contributed by atoms with Crippen LogP contribution in [-0.4, -0.2) is 253 Å². The van der Waals surface area contributed by atoms with Crippen LogP contribution in [0.5, 0.6) is 0 Å². The highest BCUT2D eigenvalue weighted by molar-refractivity contribution is 6.05. The molecule has 43 heteroatoms. The number of anilines is 1. The molecule has 0 spiro atoms. The van der Waals surface area contributed by atoms with Crippen LogP contribution in [0, 0.1) is 5.92 Å². The van der Waals surface area contributed by atoms with Gasteiger partial charge in [0, 0.05) is 47.6 Å². The van der Waals surface area contributed by atoms with E-state index in [1.807, 2.05) is 37.2 Å². The van der Waals surface area contributed by atoms with Crippen LogP contribution in [0.15, 0.2) is 54.7 Å². The first-order valence-corrected chi connectivity index (χ1v) is 35.7. The maximum atomic E-state index is 14.8. The second kappa shape index (κ2) is 46.1. The number of hydrogen-bond acceptors (Lipinski definition) is 24. The molecule has 1 aliphatic rings. The monoisotopic (exact) mass is 1590 g/mol. The van der Waals surface area contributed by atoms with Crippen LogP contribution < -0.4 is 80.6 Å². The Hall–Kier alpha value is -12.7. The number of aromatic nitrogens is 1. The minimum Gasteiger partial charge on any atom is -0.481 e. The molecule has 13 atom stereocenters. The van der Waals surface area contributed by atoms with Crippen molar-refractivity contribution < 1.29 is 131 Å². The number of fused-ring (bicyclic) bond motifs is 1. The van der Waals surface area contributed by atoms with Crippen molar-refractivity contribution in [3.05, 3.63) is 65.9 Å². The summed E-state index contributed by atoms with van der Waals surface area (Å²) in [4.78, 5) is 274. The molecule has 0 unspecified atom stereocenters. The van der Waals surface area contributed by atoms with E-state index in [9.17, 15) is 127 Å². The molecule has 0 radical (unpaired) electrons. The van der Waals surface area contributed by atoms with Crippen molar-refractivity contribution in [2.24, 2.45) is 11.7 Å². The van der Waals surface area contributed by atoms with Gasteiger partial charge in [0.1, 0.15) is 72.6 Å². The Morgan fingerprint density at radius 2 is 1.04 bits per heavy atom. The van der Waals surface area contributed by atoms with Crippen molar-refractivity contribution >= 4 is 135 Å². The van der Waals surface area contributed by atoms with Crippen LogP contribution in [0.2, 0.25) is 0 Å². The maximum absolute atomic E-state index is 14.8.